The molecule has 5 heteroatoms. The Kier molecular flexibility index (Phi) is 3.34. The van der Waals surface area contributed by atoms with Gasteiger partial charge in [-0.05, 0) is 38.5 Å². The van der Waals surface area contributed by atoms with E-state index < -0.39 is 17.7 Å². The van der Waals surface area contributed by atoms with Crippen LogP contribution in [-0.2, 0) is 24.0 Å². The molecule has 5 fully saturated rings. The van der Waals surface area contributed by atoms with Gasteiger partial charge in [-0.1, -0.05) is 20.3 Å². The number of hydrogen-bond donors (Lipinski definition) is 0. The molecule has 0 aromatic rings. The molecule has 2 bridgehead atoms. The number of ether oxygens (including phenoxy) is 2. The fourth-order valence-electron chi connectivity index (χ4n) is 5.25. The molecule has 0 aromatic carbocycles. The number of carbonyl (C=O) groups is 1. The summed E-state index contributed by atoms with van der Waals surface area (Å²) < 4.78 is 11.8. The Morgan fingerprint density at radius 3 is 2.77 bits per heavy atom. The summed E-state index contributed by atoms with van der Waals surface area (Å²) in [5.41, 5.74) is -0.610. The van der Waals surface area contributed by atoms with E-state index in [4.69, 9.17) is 19.2 Å². The number of esters is 1. The van der Waals surface area contributed by atoms with E-state index in [-0.39, 0.29) is 17.8 Å². The fraction of sp³-hybridized carbons (Fsp3) is 0.941. The van der Waals surface area contributed by atoms with E-state index in [9.17, 15) is 4.79 Å². The molecule has 124 valence electrons. The van der Waals surface area contributed by atoms with Crippen molar-refractivity contribution in [3.05, 3.63) is 0 Å². The first kappa shape index (κ1) is 14.9. The highest BCUT2D eigenvalue weighted by Crippen LogP contribution is 2.60. The Hall–Kier alpha value is -0.650. The van der Waals surface area contributed by atoms with Crippen LogP contribution in [0.4, 0.5) is 0 Å². The van der Waals surface area contributed by atoms with Crippen LogP contribution < -0.4 is 0 Å². The second-order valence-electron chi connectivity index (χ2n) is 7.74. The molecular weight excluding hydrogens is 284 g/mol. The molecule has 5 nitrogen and oxygen atoms in total. The lowest BCUT2D eigenvalue weighted by Gasteiger charge is -2.58. The van der Waals surface area contributed by atoms with E-state index in [1.807, 2.05) is 6.92 Å². The Morgan fingerprint density at radius 2 is 2.00 bits per heavy atom. The van der Waals surface area contributed by atoms with Crippen LogP contribution in [0, 0.1) is 23.7 Å². The standard InChI is InChI=1S/C17H26O5/c1-4-5-11-13-7-6-10(2)12-8-9-16(3)20-15(19-14(11)18)17(12,13)22-21-16/h10-13,15H,4-9H2,1-3H3/t10-,11+,12+,13+,15-,16-,17-/m1/s1. The normalized spacial score (nSPS) is 53.6. The van der Waals surface area contributed by atoms with Gasteiger partial charge in [-0.15, -0.1) is 0 Å². The molecule has 4 aliphatic heterocycles. The highest BCUT2D eigenvalue weighted by molar-refractivity contribution is 5.74. The zero-order valence-corrected chi connectivity index (χ0v) is 13.7. The molecule has 1 aliphatic carbocycles. The van der Waals surface area contributed by atoms with Gasteiger partial charge in [-0.2, -0.15) is 0 Å². The number of rotatable bonds is 2. The maximum absolute atomic E-state index is 12.5. The lowest BCUT2D eigenvalue weighted by molar-refractivity contribution is -0.559. The fourth-order valence-corrected chi connectivity index (χ4v) is 5.25. The predicted octanol–water partition coefficient (Wildman–Crippen LogP) is 3.18. The van der Waals surface area contributed by atoms with Crippen LogP contribution in [0.1, 0.15) is 59.3 Å². The number of fused-ring (bicyclic) bond motifs is 2. The summed E-state index contributed by atoms with van der Waals surface area (Å²) in [6, 6.07) is 0. The Morgan fingerprint density at radius 1 is 1.18 bits per heavy atom. The van der Waals surface area contributed by atoms with Crippen molar-refractivity contribution in [1.29, 1.82) is 0 Å². The first-order valence-electron chi connectivity index (χ1n) is 8.75. The summed E-state index contributed by atoms with van der Waals surface area (Å²) in [5.74, 6) is -0.00225. The van der Waals surface area contributed by atoms with E-state index in [0.717, 1.165) is 38.5 Å². The van der Waals surface area contributed by atoms with Crippen LogP contribution in [0.25, 0.3) is 0 Å². The molecule has 1 spiro atoms. The zero-order valence-electron chi connectivity index (χ0n) is 13.7. The lowest BCUT2D eigenvalue weighted by Crippen LogP contribution is -2.70. The molecule has 5 rings (SSSR count). The number of carbonyl (C=O) groups excluding carboxylic acids is 1. The second kappa shape index (κ2) is 4.92. The Bertz CT molecular complexity index is 480. The largest absolute Gasteiger partial charge is 0.432 e. The molecule has 0 aromatic heterocycles. The summed E-state index contributed by atoms with van der Waals surface area (Å²) in [7, 11) is 0. The van der Waals surface area contributed by atoms with Crippen molar-refractivity contribution in [2.75, 3.05) is 0 Å². The van der Waals surface area contributed by atoms with Gasteiger partial charge in [0.15, 0.2) is 5.60 Å². The molecule has 0 radical (unpaired) electrons. The van der Waals surface area contributed by atoms with Gasteiger partial charge in [0.1, 0.15) is 0 Å². The molecule has 22 heavy (non-hydrogen) atoms. The van der Waals surface area contributed by atoms with Crippen molar-refractivity contribution < 1.29 is 24.0 Å². The van der Waals surface area contributed by atoms with Crippen LogP contribution in [0.3, 0.4) is 0 Å². The van der Waals surface area contributed by atoms with Gasteiger partial charge in [0, 0.05) is 18.3 Å². The maximum Gasteiger partial charge on any atom is 0.311 e. The summed E-state index contributed by atoms with van der Waals surface area (Å²) in [5, 5.41) is 0. The lowest BCUT2D eigenvalue weighted by atomic mass is 9.57. The minimum atomic E-state index is -0.796. The Balaban J connectivity index is 1.79. The first-order valence-corrected chi connectivity index (χ1v) is 8.75. The molecular formula is C17H26O5. The van der Waals surface area contributed by atoms with Gasteiger partial charge < -0.3 is 9.47 Å². The third-order valence-corrected chi connectivity index (χ3v) is 6.39. The maximum atomic E-state index is 12.5. The van der Waals surface area contributed by atoms with Gasteiger partial charge >= 0.3 is 5.97 Å². The van der Waals surface area contributed by atoms with Gasteiger partial charge in [0.2, 0.25) is 12.1 Å². The molecule has 0 unspecified atom stereocenters. The molecule has 0 N–H and O–H groups in total. The monoisotopic (exact) mass is 310 g/mol. The van der Waals surface area contributed by atoms with E-state index in [0.29, 0.717) is 11.8 Å². The van der Waals surface area contributed by atoms with E-state index in [2.05, 4.69) is 13.8 Å². The highest BCUT2D eigenvalue weighted by Gasteiger charge is 2.70. The minimum absolute atomic E-state index is 0.0918. The van der Waals surface area contributed by atoms with Crippen molar-refractivity contribution >= 4 is 5.97 Å². The zero-order chi connectivity index (χ0) is 15.5. The summed E-state index contributed by atoms with van der Waals surface area (Å²) in [6.45, 7) is 6.27. The van der Waals surface area contributed by atoms with Crippen molar-refractivity contribution in [1.82, 2.24) is 0 Å². The summed E-state index contributed by atoms with van der Waals surface area (Å²) in [4.78, 5) is 24.3. The third-order valence-electron chi connectivity index (χ3n) is 6.39. The van der Waals surface area contributed by atoms with Crippen molar-refractivity contribution in [2.24, 2.45) is 23.7 Å². The molecule has 1 saturated carbocycles. The van der Waals surface area contributed by atoms with Crippen LogP contribution >= 0.6 is 0 Å². The topological polar surface area (TPSA) is 54.0 Å². The predicted molar refractivity (Wildman–Crippen MR) is 77.3 cm³/mol. The van der Waals surface area contributed by atoms with Crippen molar-refractivity contribution in [3.63, 3.8) is 0 Å². The van der Waals surface area contributed by atoms with E-state index >= 15 is 0 Å². The van der Waals surface area contributed by atoms with Gasteiger partial charge in [-0.3, -0.25) is 4.79 Å². The Labute approximate surface area is 131 Å². The minimum Gasteiger partial charge on any atom is -0.432 e. The highest BCUT2D eigenvalue weighted by atomic mass is 17.3. The third kappa shape index (κ3) is 1.85. The first-order chi connectivity index (χ1) is 10.5. The molecule has 7 atom stereocenters. The van der Waals surface area contributed by atoms with Gasteiger partial charge in [-0.25, -0.2) is 9.78 Å². The van der Waals surface area contributed by atoms with Gasteiger partial charge in [0.05, 0.1) is 5.92 Å². The second-order valence-corrected chi connectivity index (χ2v) is 7.74. The quantitative estimate of drug-likeness (QED) is 0.579. The van der Waals surface area contributed by atoms with E-state index in [1.165, 1.54) is 0 Å². The molecule has 0 amide bonds. The smallest absolute Gasteiger partial charge is 0.311 e. The van der Waals surface area contributed by atoms with Crippen molar-refractivity contribution in [3.8, 4) is 0 Å². The number of hydrogen-bond acceptors (Lipinski definition) is 5. The van der Waals surface area contributed by atoms with Crippen LogP contribution in [-0.4, -0.2) is 23.6 Å². The van der Waals surface area contributed by atoms with Gasteiger partial charge in [0.25, 0.3) is 0 Å². The average molecular weight is 310 g/mol. The van der Waals surface area contributed by atoms with Crippen LogP contribution in [0.2, 0.25) is 0 Å². The molecule has 4 heterocycles. The van der Waals surface area contributed by atoms with Crippen LogP contribution in [0.15, 0.2) is 0 Å². The average Bonchev–Trinajstić information content (AvgIpc) is 2.70. The van der Waals surface area contributed by atoms with Crippen LogP contribution in [0.5, 0.6) is 0 Å². The van der Waals surface area contributed by atoms with E-state index in [1.54, 1.807) is 0 Å². The van der Waals surface area contributed by atoms with Crippen molar-refractivity contribution in [2.45, 2.75) is 77.0 Å². The summed E-state index contributed by atoms with van der Waals surface area (Å²) in [6.07, 6.45) is 5.10. The molecule has 5 aliphatic rings. The SMILES string of the molecule is CCC[C@@H]1C(=O)O[C@@H]2O[C@@]3(C)CC[C@H]4[C@H](C)CC[C@@H]1[C@@]24OO3. The molecule has 4 saturated heterocycles. The summed E-state index contributed by atoms with van der Waals surface area (Å²) >= 11 is 0.